The van der Waals surface area contributed by atoms with Crippen molar-refractivity contribution in [2.24, 2.45) is 0 Å². The minimum absolute atomic E-state index is 0.230. The molecule has 0 bridgehead atoms. The Labute approximate surface area is 126 Å². The lowest BCUT2D eigenvalue weighted by Crippen LogP contribution is -2.40. The second-order valence-corrected chi connectivity index (χ2v) is 6.11. The fourth-order valence-corrected chi connectivity index (χ4v) is 3.21. The first-order valence-corrected chi connectivity index (χ1v) is 7.41. The number of hydrogen-bond acceptors (Lipinski definition) is 4. The highest BCUT2D eigenvalue weighted by atomic mass is 32.1. The second-order valence-electron chi connectivity index (χ2n) is 5.17. The normalized spacial score (nSPS) is 21.7. The van der Waals surface area contributed by atoms with Crippen LogP contribution in [0.25, 0.3) is 0 Å². The maximum Gasteiger partial charge on any atom is 0.325 e. The Morgan fingerprint density at radius 3 is 2.57 bits per heavy atom. The highest BCUT2D eigenvalue weighted by Gasteiger charge is 2.49. The van der Waals surface area contributed by atoms with Gasteiger partial charge in [0, 0.05) is 10.6 Å². The Bertz CT molecular complexity index is 681. The monoisotopic (exact) mass is 301 g/mol. The lowest BCUT2D eigenvalue weighted by Gasteiger charge is -2.20. The number of nitrogens with zero attached hydrogens (tertiary/aromatic N) is 1. The van der Waals surface area contributed by atoms with Crippen molar-refractivity contribution < 1.29 is 9.59 Å². The van der Waals surface area contributed by atoms with Crippen LogP contribution in [0.4, 0.5) is 10.5 Å². The number of nitrogens with one attached hydrogen (secondary N) is 1. The maximum absolute atomic E-state index is 12.6. The van der Waals surface area contributed by atoms with E-state index in [1.165, 1.54) is 16.2 Å². The van der Waals surface area contributed by atoms with E-state index in [0.29, 0.717) is 5.69 Å². The molecule has 0 saturated carbocycles. The quantitative estimate of drug-likeness (QED) is 0.674. The number of nitrogens with two attached hydrogens (primary N) is 1. The molecule has 2 heterocycles. The Morgan fingerprint density at radius 2 is 1.95 bits per heavy atom. The van der Waals surface area contributed by atoms with Crippen molar-refractivity contribution in [2.75, 3.05) is 5.73 Å². The van der Waals surface area contributed by atoms with E-state index in [1.54, 1.807) is 19.1 Å². The SMILES string of the molecule is CC1(c2cccs2)NC(=O)N(Cc2ccc(N)cc2)C1=O. The molecule has 1 fully saturated rings. The van der Waals surface area contributed by atoms with Gasteiger partial charge in [-0.3, -0.25) is 9.69 Å². The Balaban J connectivity index is 1.86. The number of nitrogen functional groups attached to an aromatic ring is 1. The zero-order valence-electron chi connectivity index (χ0n) is 11.5. The molecule has 3 N–H and O–H groups in total. The molecule has 1 aromatic heterocycles. The van der Waals surface area contributed by atoms with Crippen molar-refractivity contribution >= 4 is 29.0 Å². The summed E-state index contributed by atoms with van der Waals surface area (Å²) in [6, 6.07) is 10.5. The number of urea groups is 1. The van der Waals surface area contributed by atoms with Gasteiger partial charge >= 0.3 is 6.03 Å². The van der Waals surface area contributed by atoms with Crippen LogP contribution >= 0.6 is 11.3 Å². The lowest BCUT2D eigenvalue weighted by atomic mass is 10.0. The first kappa shape index (κ1) is 13.6. The molecule has 0 spiro atoms. The third kappa shape index (κ3) is 2.27. The molecule has 1 saturated heterocycles. The smallest absolute Gasteiger partial charge is 0.325 e. The molecular formula is C15H15N3O2S. The van der Waals surface area contributed by atoms with Gasteiger partial charge < -0.3 is 11.1 Å². The second kappa shape index (κ2) is 4.89. The lowest BCUT2D eigenvalue weighted by molar-refractivity contribution is -0.131. The number of carbonyl (C=O) groups excluding carboxylic acids is 2. The van der Waals surface area contributed by atoms with Crippen LogP contribution in [-0.2, 0) is 16.9 Å². The maximum atomic E-state index is 12.6. The Hall–Kier alpha value is -2.34. The van der Waals surface area contributed by atoms with Crippen LogP contribution in [0.3, 0.4) is 0 Å². The van der Waals surface area contributed by atoms with E-state index < -0.39 is 5.54 Å². The molecule has 1 unspecified atom stereocenters. The fraction of sp³-hybridized carbons (Fsp3) is 0.200. The van der Waals surface area contributed by atoms with Gasteiger partial charge in [-0.05, 0) is 36.1 Å². The van der Waals surface area contributed by atoms with Crippen molar-refractivity contribution in [2.45, 2.75) is 19.0 Å². The summed E-state index contributed by atoms with van der Waals surface area (Å²) in [5.74, 6) is -0.230. The summed E-state index contributed by atoms with van der Waals surface area (Å²) < 4.78 is 0. The first-order chi connectivity index (χ1) is 10.0. The van der Waals surface area contributed by atoms with Crippen LogP contribution in [-0.4, -0.2) is 16.8 Å². The van der Waals surface area contributed by atoms with Crippen molar-refractivity contribution in [3.05, 3.63) is 52.2 Å². The summed E-state index contributed by atoms with van der Waals surface area (Å²) in [6.07, 6.45) is 0. The number of imide groups is 1. The Morgan fingerprint density at radius 1 is 1.24 bits per heavy atom. The molecule has 21 heavy (non-hydrogen) atoms. The van der Waals surface area contributed by atoms with E-state index in [4.69, 9.17) is 5.73 Å². The predicted octanol–water partition coefficient (Wildman–Crippen LogP) is 2.30. The van der Waals surface area contributed by atoms with Gasteiger partial charge in [0.05, 0.1) is 6.54 Å². The van der Waals surface area contributed by atoms with E-state index in [2.05, 4.69) is 5.32 Å². The topological polar surface area (TPSA) is 75.4 Å². The zero-order chi connectivity index (χ0) is 15.0. The van der Waals surface area contributed by atoms with Crippen molar-refractivity contribution in [1.29, 1.82) is 0 Å². The summed E-state index contributed by atoms with van der Waals surface area (Å²) in [5, 5.41) is 4.68. The predicted molar refractivity (Wildman–Crippen MR) is 81.6 cm³/mol. The van der Waals surface area contributed by atoms with Crippen LogP contribution in [0.15, 0.2) is 41.8 Å². The third-order valence-electron chi connectivity index (χ3n) is 3.61. The van der Waals surface area contributed by atoms with Gasteiger partial charge in [-0.25, -0.2) is 4.79 Å². The molecule has 3 rings (SSSR count). The van der Waals surface area contributed by atoms with E-state index in [1.807, 2.05) is 29.6 Å². The van der Waals surface area contributed by atoms with Gasteiger partial charge in [0.2, 0.25) is 0 Å². The summed E-state index contributed by atoms with van der Waals surface area (Å²) in [4.78, 5) is 26.8. The van der Waals surface area contributed by atoms with E-state index in [9.17, 15) is 9.59 Å². The molecule has 1 atom stereocenters. The Kier molecular flexibility index (Phi) is 3.17. The minimum Gasteiger partial charge on any atom is -0.399 e. The summed E-state index contributed by atoms with van der Waals surface area (Å²) >= 11 is 1.46. The van der Waals surface area contributed by atoms with Gasteiger partial charge in [-0.15, -0.1) is 11.3 Å². The molecule has 0 aliphatic carbocycles. The number of hydrogen-bond donors (Lipinski definition) is 2. The molecule has 108 valence electrons. The number of benzene rings is 1. The molecule has 2 aromatic rings. The number of anilines is 1. The molecule has 3 amide bonds. The summed E-state index contributed by atoms with van der Waals surface area (Å²) in [7, 11) is 0. The van der Waals surface area contributed by atoms with Crippen LogP contribution in [0, 0.1) is 0 Å². The number of amides is 3. The third-order valence-corrected chi connectivity index (χ3v) is 4.70. The standard InChI is InChI=1S/C15H15N3O2S/c1-15(12-3-2-8-21-12)13(19)18(14(20)17-15)9-10-4-6-11(16)7-5-10/h2-8H,9,16H2,1H3,(H,17,20). The van der Waals surface area contributed by atoms with Gasteiger partial charge in [-0.2, -0.15) is 0 Å². The van der Waals surface area contributed by atoms with Crippen LogP contribution in [0.5, 0.6) is 0 Å². The van der Waals surface area contributed by atoms with Gasteiger partial charge in [0.15, 0.2) is 5.54 Å². The van der Waals surface area contributed by atoms with E-state index >= 15 is 0 Å². The molecule has 1 aromatic carbocycles. The average Bonchev–Trinajstić information content (AvgIpc) is 3.06. The van der Waals surface area contributed by atoms with Crippen molar-refractivity contribution in [1.82, 2.24) is 10.2 Å². The van der Waals surface area contributed by atoms with Gasteiger partial charge in [-0.1, -0.05) is 18.2 Å². The van der Waals surface area contributed by atoms with Crippen LogP contribution in [0.1, 0.15) is 17.4 Å². The molecule has 0 radical (unpaired) electrons. The van der Waals surface area contributed by atoms with Crippen molar-refractivity contribution in [3.8, 4) is 0 Å². The summed E-state index contributed by atoms with van der Waals surface area (Å²) in [5.41, 5.74) is 6.18. The van der Waals surface area contributed by atoms with Crippen molar-refractivity contribution in [3.63, 3.8) is 0 Å². The van der Waals surface area contributed by atoms with E-state index in [-0.39, 0.29) is 18.5 Å². The molecule has 1 aliphatic heterocycles. The number of rotatable bonds is 3. The molecular weight excluding hydrogens is 286 g/mol. The average molecular weight is 301 g/mol. The van der Waals surface area contributed by atoms with Gasteiger partial charge in [0.1, 0.15) is 0 Å². The molecule has 1 aliphatic rings. The molecule has 5 nitrogen and oxygen atoms in total. The number of thiophene rings is 1. The van der Waals surface area contributed by atoms with Crippen LogP contribution < -0.4 is 11.1 Å². The highest BCUT2D eigenvalue weighted by molar-refractivity contribution is 7.10. The first-order valence-electron chi connectivity index (χ1n) is 6.53. The number of carbonyl (C=O) groups is 2. The van der Waals surface area contributed by atoms with Gasteiger partial charge in [0.25, 0.3) is 5.91 Å². The zero-order valence-corrected chi connectivity index (χ0v) is 12.3. The van der Waals surface area contributed by atoms with E-state index in [0.717, 1.165) is 10.4 Å². The summed E-state index contributed by atoms with van der Waals surface area (Å²) in [6.45, 7) is 1.98. The fourth-order valence-electron chi connectivity index (χ4n) is 2.38. The van der Waals surface area contributed by atoms with Crippen LogP contribution in [0.2, 0.25) is 0 Å². The molecule has 6 heteroatoms. The highest BCUT2D eigenvalue weighted by Crippen LogP contribution is 2.32. The minimum atomic E-state index is -0.973. The largest absolute Gasteiger partial charge is 0.399 e.